The van der Waals surface area contributed by atoms with Gasteiger partial charge in [-0.15, -0.1) is 0 Å². The largest absolute Gasteiger partial charge is 0.444 e. The lowest BCUT2D eigenvalue weighted by molar-refractivity contribution is 0.0204. The molecule has 0 aromatic carbocycles. The molecule has 178 valence electrons. The van der Waals surface area contributed by atoms with E-state index in [-0.39, 0.29) is 12.0 Å². The highest BCUT2D eigenvalue weighted by atomic mass is 19.1. The van der Waals surface area contributed by atoms with Crippen molar-refractivity contribution in [2.75, 3.05) is 13.1 Å². The number of pyridine rings is 1. The Morgan fingerprint density at radius 3 is 2.50 bits per heavy atom. The highest BCUT2D eigenvalue weighted by molar-refractivity contribution is 5.68. The summed E-state index contributed by atoms with van der Waals surface area (Å²) in [6.07, 6.45) is 6.85. The van der Waals surface area contributed by atoms with Gasteiger partial charge in [0.2, 0.25) is 0 Å². The number of rotatable bonds is 2. The van der Waals surface area contributed by atoms with Crippen molar-refractivity contribution in [3.63, 3.8) is 0 Å². The predicted molar refractivity (Wildman–Crippen MR) is 126 cm³/mol. The maximum atomic E-state index is 15.1. The van der Waals surface area contributed by atoms with Gasteiger partial charge in [-0.25, -0.2) is 23.7 Å². The zero-order valence-electron chi connectivity index (χ0n) is 20.2. The van der Waals surface area contributed by atoms with Crippen LogP contribution in [0.1, 0.15) is 56.5 Å². The Morgan fingerprint density at radius 2 is 1.79 bits per heavy atom. The Kier molecular flexibility index (Phi) is 5.30. The Hall–Kier alpha value is -3.49. The molecule has 0 unspecified atom stereocenters. The molecule has 0 bridgehead atoms. The number of hydrogen-bond donors (Lipinski definition) is 0. The number of carbonyl (C=O) groups is 1. The lowest BCUT2D eigenvalue weighted by atomic mass is 9.94. The van der Waals surface area contributed by atoms with Gasteiger partial charge >= 0.3 is 6.09 Å². The van der Waals surface area contributed by atoms with E-state index >= 15 is 4.39 Å². The Labute approximate surface area is 197 Å². The van der Waals surface area contributed by atoms with Crippen LogP contribution < -0.4 is 0 Å². The molecule has 9 heteroatoms. The minimum Gasteiger partial charge on any atom is -0.444 e. The molecule has 0 spiro atoms. The number of imidazole rings is 2. The van der Waals surface area contributed by atoms with Crippen molar-refractivity contribution >= 4 is 17.4 Å². The van der Waals surface area contributed by atoms with E-state index in [0.717, 1.165) is 35.4 Å². The summed E-state index contributed by atoms with van der Waals surface area (Å²) in [5, 5.41) is 4.63. The molecule has 1 aliphatic rings. The van der Waals surface area contributed by atoms with E-state index in [4.69, 9.17) is 4.74 Å². The summed E-state index contributed by atoms with van der Waals surface area (Å²) in [6, 6.07) is 3.40. The van der Waals surface area contributed by atoms with Crippen LogP contribution in [0.2, 0.25) is 0 Å². The molecular weight excluding hydrogens is 435 g/mol. The first-order valence-electron chi connectivity index (χ1n) is 11.6. The van der Waals surface area contributed by atoms with Crippen molar-refractivity contribution in [3.05, 3.63) is 53.5 Å². The molecule has 4 aromatic rings. The number of hydrogen-bond acceptors (Lipinski definition) is 5. The Morgan fingerprint density at radius 1 is 1.06 bits per heavy atom. The van der Waals surface area contributed by atoms with Crippen LogP contribution in [0.15, 0.2) is 30.7 Å². The third-order valence-electron chi connectivity index (χ3n) is 6.12. The summed E-state index contributed by atoms with van der Waals surface area (Å²) in [7, 11) is 0. The first-order chi connectivity index (χ1) is 16.1. The topological polar surface area (TPSA) is 77.0 Å². The van der Waals surface area contributed by atoms with Gasteiger partial charge in [-0.1, -0.05) is 0 Å². The number of likely N-dealkylation sites (tertiary alicyclic amines) is 1. The van der Waals surface area contributed by atoms with Crippen molar-refractivity contribution in [3.8, 4) is 11.3 Å². The number of carbonyl (C=O) groups excluding carboxylic acids is 1. The number of amides is 1. The summed E-state index contributed by atoms with van der Waals surface area (Å²) >= 11 is 0. The molecule has 0 radical (unpaired) electrons. The summed E-state index contributed by atoms with van der Waals surface area (Å²) in [5.41, 5.74) is 4.61. The molecule has 4 aromatic heterocycles. The fourth-order valence-corrected chi connectivity index (χ4v) is 4.48. The third kappa shape index (κ3) is 4.22. The zero-order valence-corrected chi connectivity index (χ0v) is 20.2. The Balaban J connectivity index is 1.39. The van der Waals surface area contributed by atoms with Crippen molar-refractivity contribution in [1.29, 1.82) is 0 Å². The average Bonchev–Trinajstić information content (AvgIpc) is 3.36. The van der Waals surface area contributed by atoms with Gasteiger partial charge in [0.1, 0.15) is 5.60 Å². The van der Waals surface area contributed by atoms with Crippen LogP contribution in [0.5, 0.6) is 0 Å². The van der Waals surface area contributed by atoms with Gasteiger partial charge in [-0.3, -0.25) is 0 Å². The highest BCUT2D eigenvalue weighted by Crippen LogP contribution is 2.30. The Bertz CT molecular complexity index is 1390. The smallest absolute Gasteiger partial charge is 0.410 e. The SMILES string of the molecule is Cc1cn2nc(-c3cc(F)c4nc(C5CCN(C(=O)OC(C)(C)C)CC5)cn4c3)cc(C)c2n1. The second-order valence-corrected chi connectivity index (χ2v) is 10.1. The van der Waals surface area contributed by atoms with Gasteiger partial charge in [0, 0.05) is 37.0 Å². The van der Waals surface area contributed by atoms with Gasteiger partial charge in [0.15, 0.2) is 17.1 Å². The van der Waals surface area contributed by atoms with E-state index in [9.17, 15) is 4.79 Å². The van der Waals surface area contributed by atoms with Gasteiger partial charge in [0.25, 0.3) is 0 Å². The maximum Gasteiger partial charge on any atom is 0.410 e. The number of nitrogens with zero attached hydrogens (tertiary/aromatic N) is 6. The van der Waals surface area contributed by atoms with E-state index in [1.54, 1.807) is 13.8 Å². The molecule has 1 amide bonds. The molecule has 5 rings (SSSR count). The van der Waals surface area contributed by atoms with Gasteiger partial charge in [-0.05, 0) is 65.2 Å². The van der Waals surface area contributed by atoms with Crippen molar-refractivity contribution in [2.24, 2.45) is 0 Å². The van der Waals surface area contributed by atoms with Crippen LogP contribution in [-0.2, 0) is 4.74 Å². The lowest BCUT2D eigenvalue weighted by Crippen LogP contribution is -2.41. The molecule has 0 N–H and O–H groups in total. The van der Waals surface area contributed by atoms with E-state index in [1.807, 2.05) is 59.3 Å². The summed E-state index contributed by atoms with van der Waals surface area (Å²) < 4.78 is 24.0. The van der Waals surface area contributed by atoms with E-state index < -0.39 is 11.4 Å². The maximum absolute atomic E-state index is 15.1. The predicted octanol–water partition coefficient (Wildman–Crippen LogP) is 4.91. The summed E-state index contributed by atoms with van der Waals surface area (Å²) in [4.78, 5) is 23.1. The van der Waals surface area contributed by atoms with Crippen LogP contribution in [-0.4, -0.2) is 53.7 Å². The number of fused-ring (bicyclic) bond motifs is 2. The standard InChI is InChI=1S/C25H29FN6O2/c1-15-10-20(29-32-12-16(2)27-22(15)32)18-11-19(26)23-28-21(14-31(23)13-18)17-6-8-30(9-7-17)24(33)34-25(3,4)5/h10-14,17H,6-9H2,1-5H3. The summed E-state index contributed by atoms with van der Waals surface area (Å²) in [6.45, 7) is 10.7. The van der Waals surface area contributed by atoms with E-state index in [0.29, 0.717) is 30.0 Å². The molecule has 5 heterocycles. The molecule has 34 heavy (non-hydrogen) atoms. The van der Waals surface area contributed by atoms with E-state index in [2.05, 4.69) is 15.1 Å². The molecule has 0 aliphatic carbocycles. The average molecular weight is 465 g/mol. The molecule has 1 fully saturated rings. The normalized spacial score (nSPS) is 15.4. The minimum atomic E-state index is -0.515. The van der Waals surface area contributed by atoms with Crippen LogP contribution in [0.4, 0.5) is 9.18 Å². The fraction of sp³-hybridized carbons (Fsp3) is 0.440. The first kappa shape index (κ1) is 22.3. The van der Waals surface area contributed by atoms with Crippen LogP contribution in [0.3, 0.4) is 0 Å². The number of piperidine rings is 1. The third-order valence-corrected chi connectivity index (χ3v) is 6.12. The quantitative estimate of drug-likeness (QED) is 0.421. The molecule has 8 nitrogen and oxygen atoms in total. The zero-order chi connectivity index (χ0) is 24.2. The second kappa shape index (κ2) is 8.07. The molecule has 0 atom stereocenters. The monoisotopic (exact) mass is 464 g/mol. The van der Waals surface area contributed by atoms with Crippen molar-refractivity contribution in [2.45, 2.75) is 59.0 Å². The van der Waals surface area contributed by atoms with Crippen LogP contribution >= 0.6 is 0 Å². The lowest BCUT2D eigenvalue weighted by Gasteiger charge is -2.32. The van der Waals surface area contributed by atoms with Gasteiger partial charge in [0.05, 0.1) is 23.3 Å². The van der Waals surface area contributed by atoms with Gasteiger partial charge < -0.3 is 14.0 Å². The van der Waals surface area contributed by atoms with Gasteiger partial charge in [-0.2, -0.15) is 5.10 Å². The van der Waals surface area contributed by atoms with Crippen LogP contribution in [0, 0.1) is 19.7 Å². The first-order valence-corrected chi connectivity index (χ1v) is 11.6. The molecular formula is C25H29FN6O2. The molecule has 1 aliphatic heterocycles. The molecule has 1 saturated heterocycles. The van der Waals surface area contributed by atoms with E-state index in [1.165, 1.54) is 6.07 Å². The summed E-state index contributed by atoms with van der Waals surface area (Å²) in [5.74, 6) is -0.233. The van der Waals surface area contributed by atoms with Crippen molar-refractivity contribution < 1.29 is 13.9 Å². The minimum absolute atomic E-state index is 0.159. The number of aryl methyl sites for hydroxylation is 2. The molecule has 0 saturated carbocycles. The second-order valence-electron chi connectivity index (χ2n) is 10.1. The number of ether oxygens (including phenoxy) is 1. The van der Waals surface area contributed by atoms with Crippen molar-refractivity contribution in [1.82, 2.24) is 28.9 Å². The number of halogens is 1. The fourth-order valence-electron chi connectivity index (χ4n) is 4.48. The highest BCUT2D eigenvalue weighted by Gasteiger charge is 2.29. The number of aromatic nitrogens is 5. The van der Waals surface area contributed by atoms with Crippen LogP contribution in [0.25, 0.3) is 22.6 Å².